The number of carbonyl (C=O) groups is 4. The van der Waals surface area contributed by atoms with E-state index >= 15 is 0 Å². The summed E-state index contributed by atoms with van der Waals surface area (Å²) in [7, 11) is -1.47. The van der Waals surface area contributed by atoms with E-state index in [2.05, 4.69) is 80.9 Å². The number of methoxy groups -OCH3 is 2. The highest BCUT2D eigenvalue weighted by atomic mass is 28.4. The van der Waals surface area contributed by atoms with Crippen molar-refractivity contribution in [3.8, 4) is 34.5 Å². The van der Waals surface area contributed by atoms with Crippen LogP contribution in [0.1, 0.15) is 173 Å². The Morgan fingerprint density at radius 2 is 0.764 bits per heavy atom. The van der Waals surface area contributed by atoms with Crippen LogP contribution in [0.4, 0.5) is 22.7 Å². The molecule has 4 aliphatic heterocycles. The van der Waals surface area contributed by atoms with Gasteiger partial charge in [0, 0.05) is 62.5 Å². The summed E-state index contributed by atoms with van der Waals surface area (Å²) in [4.78, 5) is 107. The van der Waals surface area contributed by atoms with E-state index in [-0.39, 0.29) is 135 Å². The monoisotopic (exact) mass is 1500 g/mol. The maximum absolute atomic E-state index is 13.9. The molecule has 0 N–H and O–H groups in total. The van der Waals surface area contributed by atoms with Crippen molar-refractivity contribution in [1.82, 2.24) is 19.6 Å². The first-order chi connectivity index (χ1) is 49.6. The van der Waals surface area contributed by atoms with Crippen LogP contribution in [0.3, 0.4) is 0 Å². The van der Waals surface area contributed by atoms with Crippen molar-refractivity contribution in [3.63, 3.8) is 0 Å². The first-order valence-electron chi connectivity index (χ1n) is 35.6. The molecule has 106 heavy (non-hydrogen) atoms. The number of nitrogens with zero attached hydrogens (tertiary/aromatic N) is 8. The van der Waals surface area contributed by atoms with Crippen LogP contribution in [0.5, 0.6) is 34.5 Å². The van der Waals surface area contributed by atoms with Crippen LogP contribution >= 0.6 is 0 Å². The van der Waals surface area contributed by atoms with E-state index in [9.17, 15) is 59.6 Å². The average Bonchev–Trinajstić information content (AvgIpc) is 1.48. The molecule has 0 spiro atoms. The Labute approximate surface area is 622 Å². The minimum atomic E-state index is -2.12. The van der Waals surface area contributed by atoms with E-state index in [4.69, 9.17) is 37.3 Å². The van der Waals surface area contributed by atoms with E-state index in [0.717, 1.165) is 35.1 Å². The number of carbonyl (C=O) groups excluding carboxylic acids is 4. The Kier molecular flexibility index (Phi) is 27.5. The summed E-state index contributed by atoms with van der Waals surface area (Å²) in [6, 6.07) is 9.78. The van der Waals surface area contributed by atoms with Crippen molar-refractivity contribution in [1.29, 1.82) is 0 Å². The summed E-state index contributed by atoms with van der Waals surface area (Å²) >= 11 is 0. The second-order valence-electron chi connectivity index (χ2n) is 30.6. The van der Waals surface area contributed by atoms with Gasteiger partial charge in [-0.2, -0.15) is 0 Å². The van der Waals surface area contributed by atoms with Gasteiger partial charge in [0.05, 0.1) is 110 Å². The molecule has 0 aliphatic carbocycles. The normalized spacial score (nSPS) is 17.5. The topological polar surface area (TPSA) is 328 Å². The molecule has 4 amide bonds. The number of nitro groups is 4. The van der Waals surface area contributed by atoms with E-state index < -0.39 is 71.3 Å². The minimum Gasteiger partial charge on any atom is -0.493 e. The molecule has 0 saturated carbocycles. The summed E-state index contributed by atoms with van der Waals surface area (Å²) in [5.41, 5.74) is 3.05. The molecule has 0 radical (unpaired) electrons. The Morgan fingerprint density at radius 3 is 1.13 bits per heavy atom. The number of hydrogen-bond acceptors (Lipinski definition) is 20. The largest absolute Gasteiger partial charge is 0.493 e. The van der Waals surface area contributed by atoms with Gasteiger partial charge in [-0.05, 0) is 126 Å². The van der Waals surface area contributed by atoms with E-state index in [1.807, 2.05) is 27.7 Å². The Hall–Kier alpha value is -9.53. The van der Waals surface area contributed by atoms with Gasteiger partial charge in [-0.1, -0.05) is 90.8 Å². The zero-order valence-electron chi connectivity index (χ0n) is 64.6. The van der Waals surface area contributed by atoms with Crippen LogP contribution in [0.15, 0.2) is 96.4 Å². The third-order valence-electron chi connectivity index (χ3n) is 20.6. The second kappa shape index (κ2) is 34.8. The lowest BCUT2D eigenvalue weighted by Crippen LogP contribution is -2.46. The van der Waals surface area contributed by atoms with Gasteiger partial charge in [0.15, 0.2) is 39.6 Å². The summed E-state index contributed by atoms with van der Waals surface area (Å²) in [5, 5.41) is 48.5. The average molecular weight is 1510 g/mol. The molecule has 4 aliphatic rings. The zero-order chi connectivity index (χ0) is 78.8. The first-order valence-corrected chi connectivity index (χ1v) is 41.5. The maximum Gasteiger partial charge on any atom is 0.286 e. The lowest BCUT2D eigenvalue weighted by Gasteiger charge is -2.38. The molecule has 0 bridgehead atoms. The zero-order valence-corrected chi connectivity index (χ0v) is 66.6. The van der Waals surface area contributed by atoms with Crippen LogP contribution in [0.25, 0.3) is 0 Å². The van der Waals surface area contributed by atoms with E-state index in [0.29, 0.717) is 69.4 Å². The number of amides is 4. The van der Waals surface area contributed by atoms with Crippen molar-refractivity contribution >= 4 is 63.0 Å². The van der Waals surface area contributed by atoms with Gasteiger partial charge in [0.25, 0.3) is 46.4 Å². The highest BCUT2D eigenvalue weighted by Crippen LogP contribution is 2.43. The predicted octanol–water partition coefficient (Wildman–Crippen LogP) is 16.0. The van der Waals surface area contributed by atoms with Crippen molar-refractivity contribution in [3.05, 3.63) is 170 Å². The van der Waals surface area contributed by atoms with Gasteiger partial charge in [0.2, 0.25) is 0 Å². The smallest absolute Gasteiger partial charge is 0.286 e. The molecular weight excluding hydrogens is 1400 g/mol. The molecule has 2 fully saturated rings. The van der Waals surface area contributed by atoms with Crippen molar-refractivity contribution < 1.29 is 76.1 Å². The summed E-state index contributed by atoms with van der Waals surface area (Å²) in [5.74, 6) is -0.958. The van der Waals surface area contributed by atoms with Crippen LogP contribution in [0.2, 0.25) is 36.3 Å². The molecule has 28 nitrogen and oxygen atoms in total. The molecule has 4 aromatic rings. The molecular formula is C76H104N8O20Si2. The van der Waals surface area contributed by atoms with Gasteiger partial charge < -0.3 is 56.9 Å². The fourth-order valence-electron chi connectivity index (χ4n) is 12.5. The highest BCUT2D eigenvalue weighted by molar-refractivity contribution is 6.74. The number of benzene rings is 4. The van der Waals surface area contributed by atoms with E-state index in [1.54, 1.807) is 40.9 Å². The molecule has 30 heteroatoms. The van der Waals surface area contributed by atoms with Gasteiger partial charge >= 0.3 is 0 Å². The molecule has 2 saturated heterocycles. The standard InChI is InChI=1S/2C38H52N4O10Si/c2*1-11-27-15-24(2)21-39(27)36(43)29-17-26(4)33(19-31(29)41(45)46)50-13-12-14-51-35-20-32(42(47)48)30(18-34(35)49-8)37(44)40-22-25(3)16-28(40)23-52-53(9,10)38(5,6)7/h17-22,27-28H,11-16,23H2,1-10H3;17-20,27-28H,2-3,11-16,21-23H2,1,4-10H3/t2*27-,28+/m11/s1. The maximum atomic E-state index is 13.9. The molecule has 0 aromatic heterocycles. The number of hydrogen-bond donors (Lipinski definition) is 0. The van der Waals surface area contributed by atoms with Gasteiger partial charge in [-0.25, -0.2) is 0 Å². The van der Waals surface area contributed by atoms with Crippen molar-refractivity contribution in [2.45, 2.75) is 195 Å². The summed E-state index contributed by atoms with van der Waals surface area (Å²) < 4.78 is 47.3. The second-order valence-corrected chi connectivity index (χ2v) is 40.2. The third-order valence-corrected chi connectivity index (χ3v) is 29.6. The lowest BCUT2D eigenvalue weighted by atomic mass is 10.1. The number of aryl methyl sites for hydroxylation is 2. The first kappa shape index (κ1) is 83.7. The van der Waals surface area contributed by atoms with Crippen LogP contribution in [0, 0.1) is 54.3 Å². The Bertz CT molecular complexity index is 4120. The number of likely N-dealkylation sites (tertiary alicyclic amines) is 2. The molecule has 4 atom stereocenters. The summed E-state index contributed by atoms with van der Waals surface area (Å²) in [6.07, 6.45) is 8.04. The van der Waals surface area contributed by atoms with Gasteiger partial charge in [0.1, 0.15) is 33.8 Å². The summed E-state index contributed by atoms with van der Waals surface area (Å²) in [6.45, 7) is 42.2. The van der Waals surface area contributed by atoms with E-state index in [1.165, 1.54) is 67.7 Å². The number of rotatable bonds is 30. The lowest BCUT2D eigenvalue weighted by molar-refractivity contribution is -0.385. The number of nitro benzene ring substituents is 4. The van der Waals surface area contributed by atoms with Crippen LogP contribution < -0.4 is 28.4 Å². The van der Waals surface area contributed by atoms with Crippen LogP contribution in [-0.2, 0) is 8.85 Å². The fourth-order valence-corrected chi connectivity index (χ4v) is 14.6. The number of ether oxygens (including phenoxy) is 6. The molecule has 4 heterocycles. The van der Waals surface area contributed by atoms with Crippen molar-refractivity contribution in [2.75, 3.05) is 67.0 Å². The third kappa shape index (κ3) is 19.7. The Morgan fingerprint density at radius 1 is 0.453 bits per heavy atom. The van der Waals surface area contributed by atoms with Gasteiger partial charge in [-0.3, -0.25) is 59.6 Å². The minimum absolute atomic E-state index is 0.00313. The van der Waals surface area contributed by atoms with Crippen LogP contribution in [-0.4, -0.2) is 171 Å². The van der Waals surface area contributed by atoms with Gasteiger partial charge in [-0.15, -0.1) is 0 Å². The Balaban J connectivity index is 0.000000296. The molecule has 8 rings (SSSR count). The quantitative estimate of drug-likeness (QED) is 0.0154. The molecule has 576 valence electrons. The highest BCUT2D eigenvalue weighted by Gasteiger charge is 2.44. The SMILES string of the molecule is C=C1C[C@@H](CC)N(C(=O)c2cc(C)c(OCCCOc3cc([N+](=O)[O-])c(C(=O)N4CC(=C)C[C@H]4CO[Si](C)(C)C(C)(C)C)cc3OC)cc2[N+](=O)[O-])C1.CC[C@@H]1CC(C)=CN1C(=O)c1cc(C)c(OCCCOc2cc([N+](=O)[O-])c(C(=O)N3C=C(C)C[C@H]3CO[Si](C)(C)C(C)(C)C)cc2OC)cc1[N+](=O)[O-]. The molecule has 4 aromatic carbocycles. The van der Waals surface area contributed by atoms with Crippen molar-refractivity contribution in [2.24, 2.45) is 0 Å². The molecule has 0 unspecified atom stereocenters. The predicted molar refractivity (Wildman–Crippen MR) is 407 cm³/mol. The fraction of sp³-hybridized carbons (Fsp3) is 0.526.